The molecule has 0 radical (unpaired) electrons. The fourth-order valence-electron chi connectivity index (χ4n) is 5.48. The lowest BCUT2D eigenvalue weighted by atomic mass is 9.98. The van der Waals surface area contributed by atoms with Gasteiger partial charge in [0.1, 0.15) is 6.61 Å². The van der Waals surface area contributed by atoms with Crippen LogP contribution in [0.15, 0.2) is 109 Å². The molecule has 5 aromatic rings. The van der Waals surface area contributed by atoms with Crippen molar-refractivity contribution >= 4 is 22.9 Å². The minimum absolute atomic E-state index is 0.0701. The molecule has 4 aromatic carbocycles. The molecular weight excluding hydrogens is 530 g/mol. The van der Waals surface area contributed by atoms with E-state index in [0.29, 0.717) is 6.61 Å². The highest BCUT2D eigenvalue weighted by Gasteiger charge is 2.29. The first-order chi connectivity index (χ1) is 20.7. The molecular formula is C34H31N3O5. The largest absolute Gasteiger partial charge is 0.447 e. The SMILES string of the molecule is O=C(CONC(=O)OCC1c2ccccc2-c2ccccc21)NC(COCc1ccccc1)c1c[nH]c2ccccc12. The topological polar surface area (TPSA) is 102 Å². The van der Waals surface area contributed by atoms with Crippen LogP contribution in [0.2, 0.25) is 0 Å². The number of H-pyrrole nitrogens is 1. The van der Waals surface area contributed by atoms with Gasteiger partial charge in [-0.3, -0.25) is 9.63 Å². The number of nitrogens with one attached hydrogen (secondary N) is 3. The van der Waals surface area contributed by atoms with Crippen molar-refractivity contribution in [1.29, 1.82) is 0 Å². The number of hydrogen-bond donors (Lipinski definition) is 3. The number of hydrogen-bond acceptors (Lipinski definition) is 5. The summed E-state index contributed by atoms with van der Waals surface area (Å²) in [5, 5.41) is 3.96. The quantitative estimate of drug-likeness (QED) is 0.171. The molecule has 0 fully saturated rings. The summed E-state index contributed by atoms with van der Waals surface area (Å²) in [6.07, 6.45) is 1.11. The molecule has 0 saturated carbocycles. The number of amides is 2. The molecule has 1 atom stereocenters. The molecule has 1 heterocycles. The van der Waals surface area contributed by atoms with Crippen LogP contribution in [0, 0.1) is 0 Å². The van der Waals surface area contributed by atoms with E-state index in [1.54, 1.807) is 0 Å². The van der Waals surface area contributed by atoms with Gasteiger partial charge in [0, 0.05) is 28.6 Å². The third-order valence-corrected chi connectivity index (χ3v) is 7.43. The maximum absolute atomic E-state index is 12.8. The van der Waals surface area contributed by atoms with Crippen LogP contribution in [0.25, 0.3) is 22.0 Å². The summed E-state index contributed by atoms with van der Waals surface area (Å²) >= 11 is 0. The van der Waals surface area contributed by atoms with Gasteiger partial charge in [-0.2, -0.15) is 5.48 Å². The van der Waals surface area contributed by atoms with Crippen LogP contribution in [0.3, 0.4) is 0 Å². The number of ether oxygens (including phenoxy) is 2. The second-order valence-corrected chi connectivity index (χ2v) is 10.1. The van der Waals surface area contributed by atoms with Gasteiger partial charge in [0.15, 0.2) is 6.61 Å². The maximum atomic E-state index is 12.8. The van der Waals surface area contributed by atoms with Gasteiger partial charge in [-0.05, 0) is 33.9 Å². The Morgan fingerprint density at radius 1 is 0.810 bits per heavy atom. The summed E-state index contributed by atoms with van der Waals surface area (Å²) in [7, 11) is 0. The first kappa shape index (κ1) is 27.3. The number of para-hydroxylation sites is 1. The molecule has 1 unspecified atom stereocenters. The van der Waals surface area contributed by atoms with E-state index in [-0.39, 0.29) is 25.7 Å². The van der Waals surface area contributed by atoms with Gasteiger partial charge in [0.2, 0.25) is 5.91 Å². The van der Waals surface area contributed by atoms with Gasteiger partial charge in [0.25, 0.3) is 0 Å². The van der Waals surface area contributed by atoms with Gasteiger partial charge < -0.3 is 19.8 Å². The average molecular weight is 562 g/mol. The number of rotatable bonds is 11. The molecule has 0 saturated heterocycles. The number of benzene rings is 4. The Kier molecular flexibility index (Phi) is 8.26. The summed E-state index contributed by atoms with van der Waals surface area (Å²) in [5.41, 5.74) is 9.65. The molecule has 8 nitrogen and oxygen atoms in total. The lowest BCUT2D eigenvalue weighted by molar-refractivity contribution is -0.129. The number of carbonyl (C=O) groups is 2. The van der Waals surface area contributed by atoms with Gasteiger partial charge in [-0.1, -0.05) is 97.1 Å². The Morgan fingerprint density at radius 3 is 2.24 bits per heavy atom. The molecule has 3 N–H and O–H groups in total. The smallest absolute Gasteiger partial charge is 0.431 e. The Balaban J connectivity index is 1.02. The van der Waals surface area contributed by atoms with Crippen molar-refractivity contribution in [3.63, 3.8) is 0 Å². The first-order valence-electron chi connectivity index (χ1n) is 13.9. The highest BCUT2D eigenvalue weighted by Crippen LogP contribution is 2.44. The molecule has 1 aromatic heterocycles. The molecule has 0 spiro atoms. The summed E-state index contributed by atoms with van der Waals surface area (Å²) in [6, 6.07) is 33.5. The first-order valence-corrected chi connectivity index (χ1v) is 13.9. The van der Waals surface area contributed by atoms with E-state index in [2.05, 4.69) is 40.0 Å². The normalized spacial score (nSPS) is 12.9. The van der Waals surface area contributed by atoms with Crippen molar-refractivity contribution in [3.8, 4) is 11.1 Å². The standard InChI is InChI=1S/C34H31N3O5/c38-33(22-42-37-34(39)41-20-30-26-14-6-4-12-24(26)25-13-5-7-15-27(25)30)36-32(21-40-19-23-10-2-1-3-11-23)29-18-35-31-17-9-8-16-28(29)31/h1-18,30,32,35H,19-22H2,(H,36,38)(H,37,39). The highest BCUT2D eigenvalue weighted by molar-refractivity contribution is 5.85. The van der Waals surface area contributed by atoms with Crippen molar-refractivity contribution in [2.75, 3.05) is 19.8 Å². The molecule has 0 bridgehead atoms. The summed E-state index contributed by atoms with van der Waals surface area (Å²) in [6.45, 7) is 0.427. The molecule has 6 rings (SSSR count). The number of carbonyl (C=O) groups excluding carboxylic acids is 2. The van der Waals surface area contributed by atoms with E-state index in [1.165, 1.54) is 0 Å². The molecule has 8 heteroatoms. The predicted octanol–water partition coefficient (Wildman–Crippen LogP) is 6.01. The van der Waals surface area contributed by atoms with E-state index in [4.69, 9.17) is 14.3 Å². The van der Waals surface area contributed by atoms with E-state index < -0.39 is 18.0 Å². The van der Waals surface area contributed by atoms with Crippen LogP contribution in [-0.2, 0) is 25.7 Å². The van der Waals surface area contributed by atoms with E-state index >= 15 is 0 Å². The van der Waals surface area contributed by atoms with Crippen molar-refractivity contribution in [2.24, 2.45) is 0 Å². The number of aromatic amines is 1. The minimum atomic E-state index is -0.760. The summed E-state index contributed by atoms with van der Waals surface area (Å²) in [5.74, 6) is -0.480. The van der Waals surface area contributed by atoms with E-state index in [9.17, 15) is 9.59 Å². The zero-order valence-corrected chi connectivity index (χ0v) is 22.9. The third kappa shape index (κ3) is 6.05. The predicted molar refractivity (Wildman–Crippen MR) is 159 cm³/mol. The van der Waals surface area contributed by atoms with Gasteiger partial charge >= 0.3 is 6.09 Å². The lowest BCUT2D eigenvalue weighted by Gasteiger charge is -2.19. The van der Waals surface area contributed by atoms with Crippen LogP contribution in [0.4, 0.5) is 4.79 Å². The molecule has 0 aliphatic heterocycles. The zero-order valence-electron chi connectivity index (χ0n) is 22.9. The van der Waals surface area contributed by atoms with Gasteiger partial charge in [-0.15, -0.1) is 0 Å². The second kappa shape index (κ2) is 12.7. The van der Waals surface area contributed by atoms with Crippen molar-refractivity contribution in [2.45, 2.75) is 18.6 Å². The van der Waals surface area contributed by atoms with Gasteiger partial charge in [0.05, 0.1) is 19.3 Å². The highest BCUT2D eigenvalue weighted by atomic mass is 16.7. The Hall–Kier alpha value is -4.92. The van der Waals surface area contributed by atoms with Crippen LogP contribution in [0.1, 0.15) is 34.2 Å². The monoisotopic (exact) mass is 561 g/mol. The maximum Gasteiger partial charge on any atom is 0.431 e. The zero-order chi connectivity index (χ0) is 28.7. The van der Waals surface area contributed by atoms with Crippen LogP contribution >= 0.6 is 0 Å². The fraction of sp³-hybridized carbons (Fsp3) is 0.176. The minimum Gasteiger partial charge on any atom is -0.447 e. The molecule has 1 aliphatic rings. The summed E-state index contributed by atoms with van der Waals surface area (Å²) < 4.78 is 11.4. The van der Waals surface area contributed by atoms with Crippen molar-refractivity contribution < 1.29 is 23.9 Å². The average Bonchev–Trinajstić information content (AvgIpc) is 3.59. The van der Waals surface area contributed by atoms with Crippen LogP contribution in [0.5, 0.6) is 0 Å². The van der Waals surface area contributed by atoms with Crippen LogP contribution < -0.4 is 10.8 Å². The number of fused-ring (bicyclic) bond motifs is 4. The van der Waals surface area contributed by atoms with Crippen LogP contribution in [-0.4, -0.2) is 36.8 Å². The Bertz CT molecular complexity index is 1640. The second-order valence-electron chi connectivity index (χ2n) is 10.1. The number of hydroxylamine groups is 1. The van der Waals surface area contributed by atoms with Gasteiger partial charge in [-0.25, -0.2) is 4.79 Å². The third-order valence-electron chi connectivity index (χ3n) is 7.43. The van der Waals surface area contributed by atoms with Crippen molar-refractivity contribution in [1.82, 2.24) is 15.8 Å². The summed E-state index contributed by atoms with van der Waals surface area (Å²) in [4.78, 5) is 33.7. The molecule has 212 valence electrons. The lowest BCUT2D eigenvalue weighted by Crippen LogP contribution is -2.37. The van der Waals surface area contributed by atoms with Crippen molar-refractivity contribution in [3.05, 3.63) is 132 Å². The Morgan fingerprint density at radius 2 is 1.48 bits per heavy atom. The fourth-order valence-corrected chi connectivity index (χ4v) is 5.48. The van der Waals surface area contributed by atoms with E-state index in [1.807, 2.05) is 85.1 Å². The molecule has 42 heavy (non-hydrogen) atoms. The molecule has 2 amide bonds. The Labute approximate surface area is 243 Å². The van der Waals surface area contributed by atoms with E-state index in [0.717, 1.165) is 44.3 Å². The molecule has 1 aliphatic carbocycles. The number of aromatic nitrogens is 1.